The molecule has 2 aromatic rings. The summed E-state index contributed by atoms with van der Waals surface area (Å²) in [5.74, 6) is 0.394. The average molecular weight is 295 g/mol. The van der Waals surface area contributed by atoms with Gasteiger partial charge in [0.2, 0.25) is 5.91 Å². The third-order valence-electron chi connectivity index (χ3n) is 2.85. The second-order valence-electron chi connectivity index (χ2n) is 4.33. The predicted molar refractivity (Wildman–Crippen MR) is 74.2 cm³/mol. The number of rotatable bonds is 6. The minimum absolute atomic E-state index is 0.149. The van der Waals surface area contributed by atoms with Crippen LogP contribution in [0.2, 0.25) is 5.15 Å². The Bertz CT molecular complexity index is 557. The lowest BCUT2D eigenvalue weighted by Crippen LogP contribution is -2.30. The van der Waals surface area contributed by atoms with Crippen molar-refractivity contribution in [1.29, 1.82) is 0 Å². The van der Waals surface area contributed by atoms with Gasteiger partial charge in [-0.25, -0.2) is 0 Å². The number of hydrogen-bond acceptors (Lipinski definition) is 4. The van der Waals surface area contributed by atoms with Crippen LogP contribution in [-0.2, 0) is 11.2 Å². The molecule has 0 bridgehead atoms. The van der Waals surface area contributed by atoms with Gasteiger partial charge in [0.05, 0.1) is 12.6 Å². The first-order valence-corrected chi connectivity index (χ1v) is 6.63. The summed E-state index contributed by atoms with van der Waals surface area (Å²) in [6.45, 7) is -0.149. The third kappa shape index (κ3) is 4.08. The van der Waals surface area contributed by atoms with Gasteiger partial charge in [-0.2, -0.15) is 0 Å². The minimum Gasteiger partial charge on any atom is -0.394 e. The van der Waals surface area contributed by atoms with Crippen LogP contribution < -0.4 is 5.32 Å². The Labute approximate surface area is 121 Å². The van der Waals surface area contributed by atoms with Crippen LogP contribution in [0.5, 0.6) is 0 Å². The highest BCUT2D eigenvalue weighted by atomic mass is 35.5. The Hall–Kier alpha value is -1.85. The van der Waals surface area contributed by atoms with Gasteiger partial charge in [-0.1, -0.05) is 47.1 Å². The fourth-order valence-electron chi connectivity index (χ4n) is 1.83. The number of aliphatic hydroxyl groups is 1. The van der Waals surface area contributed by atoms with Crippen LogP contribution in [0.25, 0.3) is 0 Å². The number of aromatic nitrogens is 1. The Balaban J connectivity index is 1.86. The number of amides is 1. The van der Waals surface area contributed by atoms with E-state index in [1.54, 1.807) is 6.07 Å². The molecule has 0 aliphatic heterocycles. The van der Waals surface area contributed by atoms with Gasteiger partial charge in [-0.05, 0) is 5.56 Å². The van der Waals surface area contributed by atoms with Crippen LogP contribution in [0, 0.1) is 0 Å². The lowest BCUT2D eigenvalue weighted by molar-refractivity contribution is -0.122. The number of carbonyl (C=O) groups is 1. The second-order valence-corrected chi connectivity index (χ2v) is 4.72. The average Bonchev–Trinajstić information content (AvgIpc) is 2.89. The molecule has 2 rings (SSSR count). The molecule has 2 N–H and O–H groups in total. The van der Waals surface area contributed by atoms with E-state index < -0.39 is 6.04 Å². The highest BCUT2D eigenvalue weighted by Gasteiger charge is 2.14. The third-order valence-corrected chi connectivity index (χ3v) is 3.03. The molecule has 1 heterocycles. The molecular weight excluding hydrogens is 280 g/mol. The maximum Gasteiger partial charge on any atom is 0.221 e. The predicted octanol–water partition coefficient (Wildman–Crippen LogP) is 2.11. The van der Waals surface area contributed by atoms with E-state index in [-0.39, 0.29) is 24.1 Å². The quantitative estimate of drug-likeness (QED) is 0.855. The highest BCUT2D eigenvalue weighted by Crippen LogP contribution is 2.13. The van der Waals surface area contributed by atoms with Crippen molar-refractivity contribution < 1.29 is 14.4 Å². The first-order valence-electron chi connectivity index (χ1n) is 6.25. The van der Waals surface area contributed by atoms with Crippen LogP contribution >= 0.6 is 11.6 Å². The van der Waals surface area contributed by atoms with E-state index >= 15 is 0 Å². The van der Waals surface area contributed by atoms with Crippen molar-refractivity contribution in [1.82, 2.24) is 10.5 Å². The van der Waals surface area contributed by atoms with Gasteiger partial charge in [0.15, 0.2) is 5.15 Å². The molecule has 20 heavy (non-hydrogen) atoms. The molecule has 0 spiro atoms. The van der Waals surface area contributed by atoms with Crippen molar-refractivity contribution in [3.63, 3.8) is 0 Å². The van der Waals surface area contributed by atoms with Crippen LogP contribution in [-0.4, -0.2) is 22.8 Å². The summed E-state index contributed by atoms with van der Waals surface area (Å²) in [5, 5.41) is 15.9. The number of benzene rings is 1. The molecule has 0 aliphatic carbocycles. The minimum atomic E-state index is -0.401. The number of nitrogens with zero attached hydrogens (tertiary/aromatic N) is 1. The van der Waals surface area contributed by atoms with Crippen LogP contribution in [0.1, 0.15) is 23.8 Å². The first kappa shape index (κ1) is 14.6. The monoisotopic (exact) mass is 294 g/mol. The van der Waals surface area contributed by atoms with Gasteiger partial charge in [0.1, 0.15) is 5.76 Å². The Morgan fingerprint density at radius 2 is 2.15 bits per heavy atom. The molecular formula is C14H15ClN2O3. The van der Waals surface area contributed by atoms with Gasteiger partial charge < -0.3 is 14.9 Å². The fraction of sp³-hybridized carbons (Fsp3) is 0.286. The first-order chi connectivity index (χ1) is 9.69. The molecule has 106 valence electrons. The summed E-state index contributed by atoms with van der Waals surface area (Å²) in [6, 6.07) is 10.5. The van der Waals surface area contributed by atoms with Gasteiger partial charge in [-0.3, -0.25) is 4.79 Å². The number of nitrogens with one attached hydrogen (secondary N) is 1. The smallest absolute Gasteiger partial charge is 0.221 e. The molecule has 1 aromatic heterocycles. The molecule has 0 fully saturated rings. The summed E-state index contributed by atoms with van der Waals surface area (Å²) in [7, 11) is 0. The van der Waals surface area contributed by atoms with Crippen molar-refractivity contribution in [3.05, 3.63) is 52.9 Å². The molecule has 6 heteroatoms. The number of aryl methyl sites for hydroxylation is 1. The van der Waals surface area contributed by atoms with Crippen molar-refractivity contribution in [2.45, 2.75) is 18.9 Å². The number of carbonyl (C=O) groups excluding carboxylic acids is 1. The van der Waals surface area contributed by atoms with Crippen LogP contribution in [0.3, 0.4) is 0 Å². The van der Waals surface area contributed by atoms with E-state index in [0.717, 1.165) is 5.56 Å². The zero-order chi connectivity index (χ0) is 14.4. The van der Waals surface area contributed by atoms with E-state index in [9.17, 15) is 9.90 Å². The number of hydrogen-bond donors (Lipinski definition) is 2. The van der Waals surface area contributed by atoms with E-state index in [1.807, 2.05) is 30.3 Å². The standard InChI is InChI=1S/C14H15ClN2O3/c15-13-8-11(20-17-13)6-7-14(19)16-12(9-18)10-4-2-1-3-5-10/h1-5,8,12,18H,6-7,9H2,(H,16,19)/t12-/m1/s1. The maximum atomic E-state index is 11.8. The van der Waals surface area contributed by atoms with Crippen molar-refractivity contribution in [2.75, 3.05) is 6.61 Å². The van der Waals surface area contributed by atoms with Crippen LogP contribution in [0.15, 0.2) is 40.9 Å². The SMILES string of the molecule is O=C(CCc1cc(Cl)no1)N[C@H](CO)c1ccccc1. The molecule has 0 aliphatic rings. The van der Waals surface area contributed by atoms with Gasteiger partial charge >= 0.3 is 0 Å². The highest BCUT2D eigenvalue weighted by molar-refractivity contribution is 6.29. The summed E-state index contributed by atoms with van der Waals surface area (Å²) in [6.07, 6.45) is 0.660. The summed E-state index contributed by atoms with van der Waals surface area (Å²) >= 11 is 5.62. The Morgan fingerprint density at radius 3 is 2.75 bits per heavy atom. The normalized spacial score (nSPS) is 12.1. The van der Waals surface area contributed by atoms with Crippen LogP contribution in [0.4, 0.5) is 0 Å². The Morgan fingerprint density at radius 1 is 1.40 bits per heavy atom. The van der Waals surface area contributed by atoms with Gasteiger partial charge in [0, 0.05) is 18.9 Å². The molecule has 0 saturated carbocycles. The molecule has 0 unspecified atom stereocenters. The fourth-order valence-corrected chi connectivity index (χ4v) is 1.98. The summed E-state index contributed by atoms with van der Waals surface area (Å²) < 4.78 is 4.92. The van der Waals surface area contributed by atoms with Crippen molar-refractivity contribution in [2.24, 2.45) is 0 Å². The van der Waals surface area contributed by atoms with Gasteiger partial charge in [-0.15, -0.1) is 0 Å². The maximum absolute atomic E-state index is 11.8. The zero-order valence-electron chi connectivity index (χ0n) is 10.8. The van der Waals surface area contributed by atoms with E-state index in [2.05, 4.69) is 10.5 Å². The van der Waals surface area contributed by atoms with Crippen molar-refractivity contribution >= 4 is 17.5 Å². The summed E-state index contributed by atoms with van der Waals surface area (Å²) in [5.41, 5.74) is 0.867. The largest absolute Gasteiger partial charge is 0.394 e. The van der Waals surface area contributed by atoms with Gasteiger partial charge in [0.25, 0.3) is 0 Å². The lowest BCUT2D eigenvalue weighted by Gasteiger charge is -2.16. The lowest BCUT2D eigenvalue weighted by atomic mass is 10.1. The molecule has 0 saturated heterocycles. The van der Waals surface area contributed by atoms with E-state index in [0.29, 0.717) is 12.2 Å². The molecule has 1 amide bonds. The van der Waals surface area contributed by atoms with E-state index in [4.69, 9.17) is 16.1 Å². The summed E-state index contributed by atoms with van der Waals surface area (Å²) in [4.78, 5) is 11.8. The van der Waals surface area contributed by atoms with Crippen molar-refractivity contribution in [3.8, 4) is 0 Å². The molecule has 5 nitrogen and oxygen atoms in total. The molecule has 1 aromatic carbocycles. The molecule has 0 radical (unpaired) electrons. The topological polar surface area (TPSA) is 75.4 Å². The Kier molecular flexibility index (Phi) is 5.15. The second kappa shape index (κ2) is 7.07. The zero-order valence-corrected chi connectivity index (χ0v) is 11.5. The molecule has 1 atom stereocenters. The number of aliphatic hydroxyl groups excluding tert-OH is 1. The number of halogens is 1. The van der Waals surface area contributed by atoms with E-state index in [1.165, 1.54) is 0 Å².